The molecule has 2 aromatic heterocycles. The Bertz CT molecular complexity index is 843. The minimum Gasteiger partial charge on any atom is -0.343 e. The number of hydrogen-bond acceptors (Lipinski definition) is 3. The molecule has 5 heteroatoms. The average Bonchev–Trinajstić information content (AvgIpc) is 2.91. The molecule has 0 bridgehead atoms. The molecule has 0 saturated heterocycles. The van der Waals surface area contributed by atoms with Crippen molar-refractivity contribution >= 4 is 11.0 Å². The first-order chi connectivity index (χ1) is 10.6. The number of rotatable bonds is 4. The Labute approximate surface area is 129 Å². The Morgan fingerprint density at radius 2 is 2.00 bits per heavy atom. The number of benzene rings is 1. The molecule has 5 nitrogen and oxygen atoms in total. The fourth-order valence-corrected chi connectivity index (χ4v) is 2.49. The summed E-state index contributed by atoms with van der Waals surface area (Å²) in [5.74, 6) is 0.374. The topological polar surface area (TPSA) is 62.7 Å². The van der Waals surface area contributed by atoms with E-state index in [0.717, 1.165) is 23.3 Å². The van der Waals surface area contributed by atoms with E-state index < -0.39 is 0 Å². The van der Waals surface area contributed by atoms with Gasteiger partial charge >= 0.3 is 5.69 Å². The van der Waals surface area contributed by atoms with E-state index in [1.165, 1.54) is 5.56 Å². The molecule has 114 valence electrons. The molecule has 0 radical (unpaired) electrons. The largest absolute Gasteiger partial charge is 0.354 e. The van der Waals surface area contributed by atoms with Gasteiger partial charge in [0.05, 0.1) is 5.69 Å². The lowest BCUT2D eigenvalue weighted by Crippen LogP contribution is -2.20. The first kappa shape index (κ1) is 14.5. The van der Waals surface area contributed by atoms with E-state index >= 15 is 0 Å². The number of hydrogen-bond donors (Lipinski definition) is 2. The van der Waals surface area contributed by atoms with Gasteiger partial charge in [-0.1, -0.05) is 26.0 Å². The number of fused-ring (bicyclic) bond motifs is 1. The number of aromatic nitrogens is 3. The van der Waals surface area contributed by atoms with E-state index in [-0.39, 0.29) is 5.69 Å². The summed E-state index contributed by atoms with van der Waals surface area (Å²) < 4.78 is 1.59. The van der Waals surface area contributed by atoms with Crippen LogP contribution >= 0.6 is 0 Å². The molecule has 0 atom stereocenters. The van der Waals surface area contributed by atoms with E-state index in [1.807, 2.05) is 37.5 Å². The molecular formula is C17H20N4O. The third kappa shape index (κ3) is 2.67. The number of H-pyrrole nitrogens is 1. The maximum atomic E-state index is 12.2. The van der Waals surface area contributed by atoms with Gasteiger partial charge in [0.25, 0.3) is 0 Å². The standard InChI is InChI=1S/C17H20N4O/c1-11(2)15-8-13-10-21(17(22)20-16(13)19-15)14-6-4-12(5-7-14)9-18-3/h4-8,10-11,18H,9H2,1-3H3,(H,19,20,22). The van der Waals surface area contributed by atoms with Crippen molar-refractivity contribution in [2.75, 3.05) is 7.05 Å². The second-order valence-corrected chi connectivity index (χ2v) is 5.77. The Morgan fingerprint density at radius 3 is 2.64 bits per heavy atom. The Balaban J connectivity index is 2.06. The van der Waals surface area contributed by atoms with Gasteiger partial charge in [0, 0.05) is 23.8 Å². The fraction of sp³-hybridized carbons (Fsp3) is 0.294. The van der Waals surface area contributed by atoms with Gasteiger partial charge in [-0.25, -0.2) is 4.79 Å². The minimum absolute atomic E-state index is 0.272. The summed E-state index contributed by atoms with van der Waals surface area (Å²) in [5, 5.41) is 4.05. The van der Waals surface area contributed by atoms with Gasteiger partial charge in [-0.05, 0) is 36.7 Å². The number of nitrogens with zero attached hydrogens (tertiary/aromatic N) is 2. The molecule has 2 N–H and O–H groups in total. The van der Waals surface area contributed by atoms with Crippen LogP contribution in [-0.2, 0) is 6.54 Å². The van der Waals surface area contributed by atoms with E-state index in [1.54, 1.807) is 4.57 Å². The summed E-state index contributed by atoms with van der Waals surface area (Å²) >= 11 is 0. The van der Waals surface area contributed by atoms with E-state index in [9.17, 15) is 4.79 Å². The molecule has 0 saturated carbocycles. The summed E-state index contributed by atoms with van der Waals surface area (Å²) in [5.41, 5.74) is 3.47. The first-order valence-electron chi connectivity index (χ1n) is 7.44. The second kappa shape index (κ2) is 5.77. The highest BCUT2D eigenvalue weighted by atomic mass is 16.1. The van der Waals surface area contributed by atoms with Crippen LogP contribution in [0.2, 0.25) is 0 Å². The SMILES string of the molecule is CNCc1ccc(-n2cc3cc(C(C)C)[nH]c3nc2=O)cc1. The van der Waals surface area contributed by atoms with E-state index in [4.69, 9.17) is 0 Å². The third-order valence-electron chi connectivity index (χ3n) is 3.75. The molecule has 0 unspecified atom stereocenters. The zero-order valence-electron chi connectivity index (χ0n) is 13.1. The van der Waals surface area contributed by atoms with Crippen molar-refractivity contribution in [1.82, 2.24) is 19.9 Å². The van der Waals surface area contributed by atoms with Crippen LogP contribution in [0.1, 0.15) is 31.0 Å². The highest BCUT2D eigenvalue weighted by Crippen LogP contribution is 2.19. The van der Waals surface area contributed by atoms with Gasteiger partial charge in [0.15, 0.2) is 0 Å². The summed E-state index contributed by atoms with van der Waals surface area (Å²) in [7, 11) is 1.91. The van der Waals surface area contributed by atoms with Gasteiger partial charge in [-0.15, -0.1) is 0 Å². The highest BCUT2D eigenvalue weighted by molar-refractivity contribution is 5.76. The van der Waals surface area contributed by atoms with Crippen LogP contribution < -0.4 is 11.0 Å². The van der Waals surface area contributed by atoms with Crippen LogP contribution in [0.3, 0.4) is 0 Å². The van der Waals surface area contributed by atoms with Crippen molar-refractivity contribution in [1.29, 1.82) is 0 Å². The molecular weight excluding hydrogens is 276 g/mol. The van der Waals surface area contributed by atoms with Crippen LogP contribution in [0.4, 0.5) is 0 Å². The predicted molar refractivity (Wildman–Crippen MR) is 88.5 cm³/mol. The maximum absolute atomic E-state index is 12.2. The second-order valence-electron chi connectivity index (χ2n) is 5.77. The summed E-state index contributed by atoms with van der Waals surface area (Å²) in [6.07, 6.45) is 1.85. The van der Waals surface area contributed by atoms with Crippen molar-refractivity contribution in [3.05, 3.63) is 58.3 Å². The smallest absolute Gasteiger partial charge is 0.343 e. The summed E-state index contributed by atoms with van der Waals surface area (Å²) in [6, 6.07) is 9.96. The van der Waals surface area contributed by atoms with Crippen molar-refractivity contribution in [2.24, 2.45) is 0 Å². The minimum atomic E-state index is -0.272. The van der Waals surface area contributed by atoms with Crippen LogP contribution in [0, 0.1) is 0 Å². The molecule has 0 fully saturated rings. The number of nitrogens with one attached hydrogen (secondary N) is 2. The van der Waals surface area contributed by atoms with Crippen molar-refractivity contribution < 1.29 is 0 Å². The van der Waals surface area contributed by atoms with E-state index in [0.29, 0.717) is 11.6 Å². The lowest BCUT2D eigenvalue weighted by molar-refractivity contribution is 0.816. The average molecular weight is 296 g/mol. The molecule has 3 aromatic rings. The monoisotopic (exact) mass is 296 g/mol. The highest BCUT2D eigenvalue weighted by Gasteiger charge is 2.09. The van der Waals surface area contributed by atoms with Crippen molar-refractivity contribution in [2.45, 2.75) is 26.3 Å². The molecule has 0 aliphatic carbocycles. The normalized spacial score (nSPS) is 11.5. The van der Waals surface area contributed by atoms with Crippen LogP contribution in [0.15, 0.2) is 41.3 Å². The van der Waals surface area contributed by atoms with Gasteiger partial charge in [0.2, 0.25) is 0 Å². The quantitative estimate of drug-likeness (QED) is 0.778. The lowest BCUT2D eigenvalue weighted by atomic mass is 10.1. The lowest BCUT2D eigenvalue weighted by Gasteiger charge is -2.06. The Morgan fingerprint density at radius 1 is 1.27 bits per heavy atom. The Hall–Kier alpha value is -2.40. The molecule has 22 heavy (non-hydrogen) atoms. The van der Waals surface area contributed by atoms with Gasteiger partial charge < -0.3 is 10.3 Å². The fourth-order valence-electron chi connectivity index (χ4n) is 2.49. The first-order valence-corrected chi connectivity index (χ1v) is 7.44. The summed E-state index contributed by atoms with van der Waals surface area (Å²) in [4.78, 5) is 19.6. The zero-order chi connectivity index (χ0) is 15.7. The van der Waals surface area contributed by atoms with Crippen LogP contribution in [0.5, 0.6) is 0 Å². The van der Waals surface area contributed by atoms with Gasteiger partial charge in [0.1, 0.15) is 5.65 Å². The third-order valence-corrected chi connectivity index (χ3v) is 3.75. The van der Waals surface area contributed by atoms with Gasteiger partial charge in [-0.2, -0.15) is 4.98 Å². The number of aromatic amines is 1. The van der Waals surface area contributed by atoms with Crippen LogP contribution in [-0.4, -0.2) is 21.6 Å². The maximum Gasteiger partial charge on any atom is 0.354 e. The van der Waals surface area contributed by atoms with Crippen LogP contribution in [0.25, 0.3) is 16.7 Å². The predicted octanol–water partition coefficient (Wildman–Crippen LogP) is 2.56. The Kier molecular flexibility index (Phi) is 3.81. The summed E-state index contributed by atoms with van der Waals surface area (Å²) in [6.45, 7) is 5.02. The molecule has 2 heterocycles. The van der Waals surface area contributed by atoms with Gasteiger partial charge in [-0.3, -0.25) is 4.57 Å². The molecule has 1 aromatic carbocycles. The zero-order valence-corrected chi connectivity index (χ0v) is 13.1. The van der Waals surface area contributed by atoms with E-state index in [2.05, 4.69) is 35.2 Å². The molecule has 0 amide bonds. The molecule has 0 aliphatic rings. The molecule has 3 rings (SSSR count). The molecule has 0 aliphatic heterocycles. The van der Waals surface area contributed by atoms with Crippen molar-refractivity contribution in [3.63, 3.8) is 0 Å². The van der Waals surface area contributed by atoms with Crippen molar-refractivity contribution in [3.8, 4) is 5.69 Å². The molecule has 0 spiro atoms.